The second-order valence-electron chi connectivity index (χ2n) is 7.00. The molecule has 1 aliphatic rings. The first-order chi connectivity index (χ1) is 13.7. The molecule has 2 aromatic carbocycles. The largest absolute Gasteiger partial charge is 0.341 e. The molecule has 0 saturated carbocycles. The molecule has 1 saturated heterocycles. The van der Waals surface area contributed by atoms with Crippen molar-refractivity contribution in [3.05, 3.63) is 77.9 Å². The van der Waals surface area contributed by atoms with E-state index in [9.17, 15) is 4.79 Å². The molecule has 0 radical (unpaired) electrons. The Morgan fingerprint density at radius 1 is 1.07 bits per heavy atom. The maximum absolute atomic E-state index is 13.4. The van der Waals surface area contributed by atoms with E-state index in [2.05, 4.69) is 22.3 Å². The van der Waals surface area contributed by atoms with Gasteiger partial charge in [-0.05, 0) is 37.5 Å². The minimum atomic E-state index is -0.245. The third-order valence-electron chi connectivity index (χ3n) is 5.02. The molecule has 0 aliphatic carbocycles. The van der Waals surface area contributed by atoms with Gasteiger partial charge in [0, 0.05) is 23.9 Å². The van der Waals surface area contributed by atoms with E-state index in [1.807, 2.05) is 60.4 Å². The summed E-state index contributed by atoms with van der Waals surface area (Å²) in [5.41, 5.74) is 1.04. The van der Waals surface area contributed by atoms with Crippen LogP contribution in [0.25, 0.3) is 0 Å². The first kappa shape index (κ1) is 18.7. The topological polar surface area (TPSA) is 59.2 Å². The molecule has 6 heteroatoms. The monoisotopic (exact) mass is 393 g/mol. The third-order valence-corrected chi connectivity index (χ3v) is 6.28. The molecular formula is C22H23N3O2S. The van der Waals surface area contributed by atoms with Gasteiger partial charge in [-0.25, -0.2) is 0 Å². The van der Waals surface area contributed by atoms with Crippen LogP contribution in [0.1, 0.15) is 41.3 Å². The van der Waals surface area contributed by atoms with Crippen LogP contribution in [0, 0.1) is 6.92 Å². The van der Waals surface area contributed by atoms with Crippen LogP contribution in [-0.2, 0) is 4.79 Å². The standard InChI is InChI=1S/C22H23N3O2S/c1-16-23-21(27-24-16)18-12-14-25(15-13-18)22(26)20(17-8-4-2-5-9-17)28-19-10-6-3-7-11-19/h2-11,18,20H,12-15H2,1H3. The molecule has 1 unspecified atom stereocenters. The Morgan fingerprint density at radius 3 is 2.32 bits per heavy atom. The summed E-state index contributed by atoms with van der Waals surface area (Å²) in [5.74, 6) is 1.77. The number of nitrogens with zero attached hydrogens (tertiary/aromatic N) is 3. The molecule has 0 bridgehead atoms. The van der Waals surface area contributed by atoms with E-state index in [1.165, 1.54) is 0 Å². The Bertz CT molecular complexity index is 906. The van der Waals surface area contributed by atoms with Gasteiger partial charge in [0.05, 0.1) is 0 Å². The molecule has 0 spiro atoms. The average molecular weight is 394 g/mol. The van der Waals surface area contributed by atoms with Gasteiger partial charge in [-0.2, -0.15) is 4.98 Å². The number of amides is 1. The van der Waals surface area contributed by atoms with Crippen molar-refractivity contribution in [2.45, 2.75) is 35.8 Å². The average Bonchev–Trinajstić information content (AvgIpc) is 3.19. The van der Waals surface area contributed by atoms with Gasteiger partial charge in [0.2, 0.25) is 11.8 Å². The Morgan fingerprint density at radius 2 is 1.71 bits per heavy atom. The zero-order valence-corrected chi connectivity index (χ0v) is 16.6. The van der Waals surface area contributed by atoms with Gasteiger partial charge in [-0.1, -0.05) is 53.7 Å². The summed E-state index contributed by atoms with van der Waals surface area (Å²) in [5, 5.41) is 3.65. The lowest BCUT2D eigenvalue weighted by molar-refractivity contribution is -0.131. The second kappa shape index (κ2) is 8.61. The highest BCUT2D eigenvalue weighted by Gasteiger charge is 2.32. The van der Waals surface area contributed by atoms with E-state index in [4.69, 9.17) is 4.52 Å². The zero-order valence-electron chi connectivity index (χ0n) is 15.8. The van der Waals surface area contributed by atoms with Crippen molar-refractivity contribution < 1.29 is 9.32 Å². The molecule has 2 heterocycles. The molecule has 1 aliphatic heterocycles. The summed E-state index contributed by atoms with van der Waals surface area (Å²) in [6, 6.07) is 20.1. The van der Waals surface area contributed by atoms with Crippen molar-refractivity contribution in [3.63, 3.8) is 0 Å². The molecule has 3 aromatic rings. The van der Waals surface area contributed by atoms with Crippen molar-refractivity contribution in [3.8, 4) is 0 Å². The third kappa shape index (κ3) is 4.28. The summed E-state index contributed by atoms with van der Waals surface area (Å²) < 4.78 is 5.33. The predicted octanol–water partition coefficient (Wildman–Crippen LogP) is 4.62. The number of piperidine rings is 1. The van der Waals surface area contributed by atoms with Gasteiger partial charge in [0.15, 0.2) is 5.82 Å². The number of aromatic nitrogens is 2. The van der Waals surface area contributed by atoms with E-state index in [-0.39, 0.29) is 17.1 Å². The number of likely N-dealkylation sites (tertiary alicyclic amines) is 1. The molecule has 1 aromatic heterocycles. The van der Waals surface area contributed by atoms with Gasteiger partial charge < -0.3 is 9.42 Å². The maximum Gasteiger partial charge on any atom is 0.240 e. The smallest absolute Gasteiger partial charge is 0.240 e. The maximum atomic E-state index is 13.4. The molecule has 4 rings (SSSR count). The molecule has 0 N–H and O–H groups in total. The number of aryl methyl sites for hydroxylation is 1. The number of benzene rings is 2. The lowest BCUT2D eigenvalue weighted by atomic mass is 9.96. The van der Waals surface area contributed by atoms with Gasteiger partial charge in [-0.15, -0.1) is 11.8 Å². The number of carbonyl (C=O) groups excluding carboxylic acids is 1. The van der Waals surface area contributed by atoms with Crippen LogP contribution in [0.2, 0.25) is 0 Å². The Balaban J connectivity index is 1.48. The highest BCUT2D eigenvalue weighted by Crippen LogP contribution is 2.38. The van der Waals surface area contributed by atoms with E-state index < -0.39 is 0 Å². The first-order valence-electron chi connectivity index (χ1n) is 9.56. The van der Waals surface area contributed by atoms with Crippen molar-refractivity contribution in [2.24, 2.45) is 0 Å². The Hall–Kier alpha value is -2.60. The van der Waals surface area contributed by atoms with Crippen molar-refractivity contribution in [1.29, 1.82) is 0 Å². The molecule has 5 nitrogen and oxygen atoms in total. The Kier molecular flexibility index (Phi) is 5.76. The van der Waals surface area contributed by atoms with Gasteiger partial charge in [-0.3, -0.25) is 4.79 Å². The number of rotatable bonds is 5. The highest BCUT2D eigenvalue weighted by molar-refractivity contribution is 8.00. The van der Waals surface area contributed by atoms with Crippen molar-refractivity contribution >= 4 is 17.7 Å². The first-order valence-corrected chi connectivity index (χ1v) is 10.4. The van der Waals surface area contributed by atoms with Crippen LogP contribution in [0.15, 0.2) is 70.1 Å². The minimum Gasteiger partial charge on any atom is -0.341 e. The van der Waals surface area contributed by atoms with Crippen LogP contribution in [0.3, 0.4) is 0 Å². The fraction of sp³-hybridized carbons (Fsp3) is 0.318. The quantitative estimate of drug-likeness (QED) is 0.592. The predicted molar refractivity (Wildman–Crippen MR) is 109 cm³/mol. The number of thioether (sulfide) groups is 1. The fourth-order valence-electron chi connectivity index (χ4n) is 3.52. The van der Waals surface area contributed by atoms with Gasteiger partial charge in [0.25, 0.3) is 0 Å². The zero-order chi connectivity index (χ0) is 19.3. The number of hydrogen-bond donors (Lipinski definition) is 0. The Labute approximate surface area is 169 Å². The molecule has 144 valence electrons. The highest BCUT2D eigenvalue weighted by atomic mass is 32.2. The van der Waals surface area contributed by atoms with Crippen LogP contribution in [-0.4, -0.2) is 34.0 Å². The lowest BCUT2D eigenvalue weighted by Crippen LogP contribution is -2.40. The normalized spacial score (nSPS) is 16.1. The van der Waals surface area contributed by atoms with Crippen LogP contribution >= 0.6 is 11.8 Å². The summed E-state index contributed by atoms with van der Waals surface area (Å²) in [7, 11) is 0. The molecular weight excluding hydrogens is 370 g/mol. The molecule has 28 heavy (non-hydrogen) atoms. The molecule has 1 atom stereocenters. The molecule has 1 amide bonds. The van der Waals surface area contributed by atoms with Gasteiger partial charge >= 0.3 is 0 Å². The van der Waals surface area contributed by atoms with Gasteiger partial charge in [0.1, 0.15) is 5.25 Å². The number of hydrogen-bond acceptors (Lipinski definition) is 5. The summed E-state index contributed by atoms with van der Waals surface area (Å²) in [4.78, 5) is 20.8. The second-order valence-corrected chi connectivity index (χ2v) is 8.18. The van der Waals surface area contributed by atoms with Crippen LogP contribution in [0.5, 0.6) is 0 Å². The molecule has 1 fully saturated rings. The van der Waals surface area contributed by atoms with E-state index in [1.54, 1.807) is 11.8 Å². The van der Waals surface area contributed by atoms with Crippen LogP contribution < -0.4 is 0 Å². The van der Waals surface area contributed by atoms with E-state index >= 15 is 0 Å². The van der Waals surface area contributed by atoms with E-state index in [0.717, 1.165) is 23.3 Å². The summed E-state index contributed by atoms with van der Waals surface area (Å²) in [6.45, 7) is 3.25. The van der Waals surface area contributed by atoms with Crippen molar-refractivity contribution in [2.75, 3.05) is 13.1 Å². The van der Waals surface area contributed by atoms with Crippen molar-refractivity contribution in [1.82, 2.24) is 15.0 Å². The lowest BCUT2D eigenvalue weighted by Gasteiger charge is -2.33. The summed E-state index contributed by atoms with van der Waals surface area (Å²) >= 11 is 1.61. The SMILES string of the molecule is Cc1noc(C2CCN(C(=O)C(Sc3ccccc3)c3ccccc3)CC2)n1. The number of carbonyl (C=O) groups is 1. The summed E-state index contributed by atoms with van der Waals surface area (Å²) in [6.07, 6.45) is 1.70. The fourth-order valence-corrected chi connectivity index (χ4v) is 4.65. The van der Waals surface area contributed by atoms with E-state index in [0.29, 0.717) is 24.8 Å². The van der Waals surface area contributed by atoms with Crippen LogP contribution in [0.4, 0.5) is 0 Å². The minimum absolute atomic E-state index is 0.167.